The molecule has 1 aliphatic carbocycles. The van der Waals surface area contributed by atoms with Gasteiger partial charge in [0.15, 0.2) is 0 Å². The number of carbonyl (C=O) groups excluding carboxylic acids is 1. The van der Waals surface area contributed by atoms with Gasteiger partial charge in [0.1, 0.15) is 6.04 Å². The Kier molecular flexibility index (Phi) is 4.77. The van der Waals surface area contributed by atoms with Crippen molar-refractivity contribution in [3.63, 3.8) is 0 Å². The minimum absolute atomic E-state index is 0.139. The highest BCUT2D eigenvalue weighted by atomic mass is 16.4. The van der Waals surface area contributed by atoms with E-state index in [9.17, 15) is 9.59 Å². The summed E-state index contributed by atoms with van der Waals surface area (Å²) in [5, 5.41) is 11.3. The number of carboxylic acid groups (broad SMARTS) is 1. The Balaban J connectivity index is 2.47. The molecule has 0 aromatic carbocycles. The van der Waals surface area contributed by atoms with Gasteiger partial charge in [-0.2, -0.15) is 0 Å². The van der Waals surface area contributed by atoms with Gasteiger partial charge < -0.3 is 10.4 Å². The van der Waals surface area contributed by atoms with Crippen molar-refractivity contribution < 1.29 is 14.7 Å². The molecular weight excluding hydrogens is 230 g/mol. The molecular formula is C14H25NO3. The van der Waals surface area contributed by atoms with E-state index in [0.29, 0.717) is 23.7 Å². The SMILES string of the molecule is CC1CC(CC(=O)N[C@H](C)C(=O)O)CC(C)(C)C1. The summed E-state index contributed by atoms with van der Waals surface area (Å²) in [4.78, 5) is 22.4. The summed E-state index contributed by atoms with van der Waals surface area (Å²) in [5.74, 6) is -0.103. The average Bonchev–Trinajstić information content (AvgIpc) is 2.12. The van der Waals surface area contributed by atoms with Gasteiger partial charge in [0.05, 0.1) is 0 Å². The van der Waals surface area contributed by atoms with Crippen LogP contribution in [0.15, 0.2) is 0 Å². The Hall–Kier alpha value is -1.06. The summed E-state index contributed by atoms with van der Waals surface area (Å²) in [5.41, 5.74) is 0.293. The lowest BCUT2D eigenvalue weighted by molar-refractivity contribution is -0.141. The third-order valence-corrected chi connectivity index (χ3v) is 3.70. The first-order valence-corrected chi connectivity index (χ1v) is 6.72. The van der Waals surface area contributed by atoms with Gasteiger partial charge in [-0.3, -0.25) is 9.59 Å². The third kappa shape index (κ3) is 4.67. The topological polar surface area (TPSA) is 66.4 Å². The molecule has 4 nitrogen and oxygen atoms in total. The van der Waals surface area contributed by atoms with Crippen LogP contribution in [0.25, 0.3) is 0 Å². The van der Waals surface area contributed by atoms with Crippen molar-refractivity contribution in [1.29, 1.82) is 0 Å². The third-order valence-electron chi connectivity index (χ3n) is 3.70. The van der Waals surface area contributed by atoms with Crippen LogP contribution in [0.3, 0.4) is 0 Å². The van der Waals surface area contributed by atoms with E-state index in [1.807, 2.05) is 0 Å². The first-order valence-electron chi connectivity index (χ1n) is 6.72. The van der Waals surface area contributed by atoms with Gasteiger partial charge >= 0.3 is 5.97 Å². The predicted molar refractivity (Wildman–Crippen MR) is 70.1 cm³/mol. The molecule has 0 aromatic heterocycles. The van der Waals surface area contributed by atoms with Crippen LogP contribution in [0.4, 0.5) is 0 Å². The molecule has 0 bridgehead atoms. The van der Waals surface area contributed by atoms with E-state index in [1.54, 1.807) is 0 Å². The zero-order valence-electron chi connectivity index (χ0n) is 11.8. The minimum atomic E-state index is -0.985. The van der Waals surface area contributed by atoms with Crippen molar-refractivity contribution in [3.05, 3.63) is 0 Å². The van der Waals surface area contributed by atoms with E-state index in [0.717, 1.165) is 12.8 Å². The summed E-state index contributed by atoms with van der Waals surface area (Å²) in [6.07, 6.45) is 3.77. The van der Waals surface area contributed by atoms with Crippen LogP contribution in [-0.2, 0) is 9.59 Å². The molecule has 104 valence electrons. The van der Waals surface area contributed by atoms with Crippen LogP contribution in [0.1, 0.15) is 53.4 Å². The second-order valence-corrected chi connectivity index (χ2v) is 6.61. The summed E-state index contributed by atoms with van der Waals surface area (Å²) in [7, 11) is 0. The lowest BCUT2D eigenvalue weighted by Crippen LogP contribution is -2.40. The van der Waals surface area contributed by atoms with E-state index in [4.69, 9.17) is 5.11 Å². The van der Waals surface area contributed by atoms with Crippen molar-refractivity contribution in [1.82, 2.24) is 5.32 Å². The Labute approximate surface area is 109 Å². The predicted octanol–water partition coefficient (Wildman–Crippen LogP) is 2.43. The molecule has 0 radical (unpaired) electrons. The van der Waals surface area contributed by atoms with Crippen molar-refractivity contribution in [2.75, 3.05) is 0 Å². The molecule has 4 heteroatoms. The van der Waals surface area contributed by atoms with Crippen molar-refractivity contribution in [2.45, 2.75) is 59.4 Å². The fourth-order valence-electron chi connectivity index (χ4n) is 3.32. The maximum absolute atomic E-state index is 11.8. The van der Waals surface area contributed by atoms with Crippen LogP contribution >= 0.6 is 0 Å². The number of nitrogens with one attached hydrogen (secondary N) is 1. The van der Waals surface area contributed by atoms with Gasteiger partial charge in [-0.05, 0) is 43.4 Å². The van der Waals surface area contributed by atoms with Crippen molar-refractivity contribution in [3.8, 4) is 0 Å². The highest BCUT2D eigenvalue weighted by Crippen LogP contribution is 2.42. The smallest absolute Gasteiger partial charge is 0.325 e. The monoisotopic (exact) mass is 255 g/mol. The number of rotatable bonds is 4. The number of amides is 1. The molecule has 1 amide bonds. The number of carboxylic acids is 1. The Morgan fingerprint density at radius 3 is 2.50 bits per heavy atom. The van der Waals surface area contributed by atoms with Crippen LogP contribution < -0.4 is 5.32 Å². The zero-order valence-corrected chi connectivity index (χ0v) is 11.8. The van der Waals surface area contributed by atoms with Gasteiger partial charge in [0, 0.05) is 6.42 Å². The standard InChI is InChI=1S/C14H25NO3/c1-9-5-11(8-14(3,4)7-9)6-12(16)15-10(2)13(17)18/h9-11H,5-8H2,1-4H3,(H,15,16)(H,17,18)/t9?,10-,11?/m1/s1. The van der Waals surface area contributed by atoms with Gasteiger partial charge in [0.25, 0.3) is 0 Å². The van der Waals surface area contributed by atoms with E-state index >= 15 is 0 Å². The first-order chi connectivity index (χ1) is 8.19. The van der Waals surface area contributed by atoms with Crippen molar-refractivity contribution in [2.24, 2.45) is 17.3 Å². The molecule has 0 spiro atoms. The Bertz CT molecular complexity index is 325. The summed E-state index contributed by atoms with van der Waals surface area (Å²) < 4.78 is 0. The number of hydrogen-bond donors (Lipinski definition) is 2. The molecule has 1 aliphatic rings. The molecule has 1 saturated carbocycles. The van der Waals surface area contributed by atoms with Crippen LogP contribution in [-0.4, -0.2) is 23.0 Å². The second-order valence-electron chi connectivity index (χ2n) is 6.61. The molecule has 0 aromatic rings. The quantitative estimate of drug-likeness (QED) is 0.810. The molecule has 0 aliphatic heterocycles. The van der Waals surface area contributed by atoms with E-state index in [2.05, 4.69) is 26.1 Å². The molecule has 0 heterocycles. The minimum Gasteiger partial charge on any atom is -0.480 e. The van der Waals surface area contributed by atoms with Crippen LogP contribution in [0.2, 0.25) is 0 Å². The zero-order chi connectivity index (χ0) is 13.9. The second kappa shape index (κ2) is 5.72. The highest BCUT2D eigenvalue weighted by molar-refractivity contribution is 5.83. The lowest BCUT2D eigenvalue weighted by atomic mass is 9.67. The molecule has 2 N–H and O–H groups in total. The fraction of sp³-hybridized carbons (Fsp3) is 0.857. The normalized spacial score (nSPS) is 28.4. The molecule has 18 heavy (non-hydrogen) atoms. The molecule has 1 rings (SSSR count). The fourth-order valence-corrected chi connectivity index (χ4v) is 3.32. The van der Waals surface area contributed by atoms with E-state index < -0.39 is 12.0 Å². The van der Waals surface area contributed by atoms with Gasteiger partial charge in [-0.1, -0.05) is 20.8 Å². The number of aliphatic carboxylic acids is 1. The lowest BCUT2D eigenvalue weighted by Gasteiger charge is -2.38. The first kappa shape index (κ1) is 15.0. The maximum atomic E-state index is 11.8. The summed E-state index contributed by atoms with van der Waals surface area (Å²) in [6, 6.07) is -0.800. The van der Waals surface area contributed by atoms with E-state index in [-0.39, 0.29) is 5.91 Å². The van der Waals surface area contributed by atoms with Gasteiger partial charge in [0.2, 0.25) is 5.91 Å². The van der Waals surface area contributed by atoms with Gasteiger partial charge in [-0.15, -0.1) is 0 Å². The highest BCUT2D eigenvalue weighted by Gasteiger charge is 2.33. The van der Waals surface area contributed by atoms with E-state index in [1.165, 1.54) is 13.3 Å². The number of hydrogen-bond acceptors (Lipinski definition) is 2. The molecule has 3 atom stereocenters. The molecule has 0 saturated heterocycles. The summed E-state index contributed by atoms with van der Waals surface area (Å²) in [6.45, 7) is 8.21. The van der Waals surface area contributed by atoms with Gasteiger partial charge in [-0.25, -0.2) is 0 Å². The largest absolute Gasteiger partial charge is 0.480 e. The van der Waals surface area contributed by atoms with Crippen LogP contribution in [0, 0.1) is 17.3 Å². The Morgan fingerprint density at radius 1 is 1.39 bits per heavy atom. The molecule has 1 fully saturated rings. The van der Waals surface area contributed by atoms with Crippen LogP contribution in [0.5, 0.6) is 0 Å². The maximum Gasteiger partial charge on any atom is 0.325 e. The van der Waals surface area contributed by atoms with Crippen molar-refractivity contribution >= 4 is 11.9 Å². The summed E-state index contributed by atoms with van der Waals surface area (Å²) >= 11 is 0. The molecule has 2 unspecified atom stereocenters. The number of carbonyl (C=O) groups is 2. The average molecular weight is 255 g/mol. The Morgan fingerprint density at radius 2 is 2.00 bits per heavy atom.